The summed E-state index contributed by atoms with van der Waals surface area (Å²) >= 11 is 0. The Labute approximate surface area is 123 Å². The van der Waals surface area contributed by atoms with Crippen LogP contribution in [0.3, 0.4) is 0 Å². The van der Waals surface area contributed by atoms with E-state index in [1.165, 1.54) is 9.21 Å². The lowest BCUT2D eigenvalue weighted by Gasteiger charge is -2.42. The summed E-state index contributed by atoms with van der Waals surface area (Å²) in [4.78, 5) is 26.1. The van der Waals surface area contributed by atoms with E-state index in [2.05, 4.69) is 0 Å². The number of rotatable bonds is 3. The highest BCUT2D eigenvalue weighted by molar-refractivity contribution is 7.90. The number of hydrogen-bond donors (Lipinski definition) is 0. The molecule has 1 saturated carbocycles. The lowest BCUT2D eigenvalue weighted by atomic mass is 9.85. The smallest absolute Gasteiger partial charge is 0.233 e. The highest BCUT2D eigenvalue weighted by Gasteiger charge is 2.54. The first-order valence-electron chi connectivity index (χ1n) is 7.51. The Morgan fingerprint density at radius 2 is 1.48 bits per heavy atom. The van der Waals surface area contributed by atoms with Crippen molar-refractivity contribution in [1.82, 2.24) is 9.21 Å². The Morgan fingerprint density at radius 3 is 1.95 bits per heavy atom. The molecule has 0 radical (unpaired) electrons. The van der Waals surface area contributed by atoms with Crippen LogP contribution >= 0.6 is 0 Å². The van der Waals surface area contributed by atoms with Crippen molar-refractivity contribution in [3.8, 4) is 0 Å². The van der Waals surface area contributed by atoms with Crippen molar-refractivity contribution in [3.05, 3.63) is 12.2 Å². The second kappa shape index (κ2) is 4.39. The fourth-order valence-electron chi connectivity index (χ4n) is 3.55. The summed E-state index contributed by atoms with van der Waals surface area (Å²) < 4.78 is 25.6. The third-order valence-electron chi connectivity index (χ3n) is 5.04. The Morgan fingerprint density at radius 1 is 0.952 bits per heavy atom. The topological polar surface area (TPSA) is 74.8 Å². The monoisotopic (exact) mass is 310 g/mol. The van der Waals surface area contributed by atoms with E-state index in [1.807, 2.05) is 12.2 Å². The largest absolute Gasteiger partial charge is 0.276 e. The number of likely N-dealkylation sites (tertiary alicyclic amines) is 1. The molecule has 0 aromatic carbocycles. The first-order valence-corrected chi connectivity index (χ1v) is 9.01. The number of fused-ring (bicyclic) bond motifs is 1. The maximum absolute atomic E-state index is 12.4. The van der Waals surface area contributed by atoms with Gasteiger partial charge in [-0.05, 0) is 25.7 Å². The van der Waals surface area contributed by atoms with Crippen LogP contribution in [-0.4, -0.2) is 53.8 Å². The number of carbonyl (C=O) groups is 2. The molecule has 4 rings (SSSR count). The van der Waals surface area contributed by atoms with Gasteiger partial charge in [0.25, 0.3) is 0 Å². The van der Waals surface area contributed by atoms with Crippen molar-refractivity contribution < 1.29 is 18.0 Å². The Kier molecular flexibility index (Phi) is 2.81. The fraction of sp³-hybridized carbons (Fsp3) is 0.714. The molecule has 2 aliphatic heterocycles. The summed E-state index contributed by atoms with van der Waals surface area (Å²) in [5.41, 5.74) is 0. The van der Waals surface area contributed by atoms with E-state index in [0.29, 0.717) is 12.8 Å². The highest BCUT2D eigenvalue weighted by Crippen LogP contribution is 2.39. The number of hydrogen-bond acceptors (Lipinski definition) is 4. The van der Waals surface area contributed by atoms with Gasteiger partial charge in [-0.2, -0.15) is 4.31 Å². The molecule has 6 nitrogen and oxygen atoms in total. The molecule has 0 N–H and O–H groups in total. The van der Waals surface area contributed by atoms with Crippen LogP contribution in [0, 0.1) is 11.8 Å². The minimum absolute atomic E-state index is 0.109. The van der Waals surface area contributed by atoms with Gasteiger partial charge in [0.1, 0.15) is 0 Å². The van der Waals surface area contributed by atoms with Gasteiger partial charge in [-0.3, -0.25) is 14.5 Å². The zero-order chi connectivity index (χ0) is 14.8. The number of imide groups is 1. The molecule has 2 saturated heterocycles. The van der Waals surface area contributed by atoms with Gasteiger partial charge in [-0.1, -0.05) is 12.2 Å². The van der Waals surface area contributed by atoms with Crippen molar-refractivity contribution in [2.24, 2.45) is 11.8 Å². The normalized spacial score (nSPS) is 34.2. The summed E-state index contributed by atoms with van der Waals surface area (Å²) in [5, 5.41) is -0.227. The quantitative estimate of drug-likeness (QED) is 0.548. The van der Waals surface area contributed by atoms with Crippen molar-refractivity contribution in [2.45, 2.75) is 37.0 Å². The van der Waals surface area contributed by atoms with E-state index >= 15 is 0 Å². The molecule has 2 aliphatic carbocycles. The van der Waals surface area contributed by atoms with Crippen molar-refractivity contribution in [1.29, 1.82) is 0 Å². The minimum Gasteiger partial charge on any atom is -0.276 e. The molecular weight excluding hydrogens is 292 g/mol. The van der Waals surface area contributed by atoms with Gasteiger partial charge in [0.15, 0.2) is 0 Å². The van der Waals surface area contributed by atoms with Crippen molar-refractivity contribution in [2.75, 3.05) is 13.1 Å². The van der Waals surface area contributed by atoms with E-state index in [1.54, 1.807) is 0 Å². The molecule has 21 heavy (non-hydrogen) atoms. The summed E-state index contributed by atoms with van der Waals surface area (Å²) in [6.07, 6.45) is 6.65. The molecule has 2 amide bonds. The van der Waals surface area contributed by atoms with Crippen molar-refractivity contribution >= 4 is 21.8 Å². The fourth-order valence-corrected chi connectivity index (χ4v) is 5.46. The predicted molar refractivity (Wildman–Crippen MR) is 74.5 cm³/mol. The van der Waals surface area contributed by atoms with E-state index in [-0.39, 0.29) is 48.0 Å². The van der Waals surface area contributed by atoms with Crippen LogP contribution < -0.4 is 0 Å². The zero-order valence-electron chi connectivity index (χ0n) is 11.6. The average Bonchev–Trinajstić information content (AvgIpc) is 3.22. The minimum atomic E-state index is -3.18. The Hall–Kier alpha value is -1.21. The molecule has 114 valence electrons. The molecule has 0 aromatic rings. The maximum atomic E-state index is 12.4. The molecule has 4 aliphatic rings. The van der Waals surface area contributed by atoms with E-state index in [0.717, 1.165) is 12.8 Å². The predicted octanol–water partition coefficient (Wildman–Crippen LogP) is 0.114. The first kappa shape index (κ1) is 13.5. The van der Waals surface area contributed by atoms with Gasteiger partial charge < -0.3 is 0 Å². The molecular formula is C14H18N2O4S. The van der Waals surface area contributed by atoms with Crippen LogP contribution in [0.2, 0.25) is 0 Å². The van der Waals surface area contributed by atoms with E-state index < -0.39 is 10.0 Å². The average molecular weight is 310 g/mol. The van der Waals surface area contributed by atoms with Crippen LogP contribution in [0.15, 0.2) is 12.2 Å². The summed E-state index contributed by atoms with van der Waals surface area (Å²) in [7, 11) is -3.18. The zero-order valence-corrected chi connectivity index (χ0v) is 12.5. The van der Waals surface area contributed by atoms with Gasteiger partial charge in [0.05, 0.1) is 23.1 Å². The first-order chi connectivity index (χ1) is 10.00. The second-order valence-electron chi connectivity index (χ2n) is 6.42. The van der Waals surface area contributed by atoms with E-state index in [4.69, 9.17) is 0 Å². The number of amides is 2. The highest BCUT2D eigenvalue weighted by atomic mass is 32.2. The second-order valence-corrected chi connectivity index (χ2v) is 8.63. The molecule has 0 aromatic heterocycles. The molecule has 7 heteroatoms. The summed E-state index contributed by atoms with van der Waals surface area (Å²) in [6.45, 7) is 0.562. The number of allylic oxidation sites excluding steroid dienone is 2. The van der Waals surface area contributed by atoms with Gasteiger partial charge in [0, 0.05) is 13.1 Å². The van der Waals surface area contributed by atoms with Crippen LogP contribution in [-0.2, 0) is 19.6 Å². The Bertz CT molecular complexity index is 605. The lowest BCUT2D eigenvalue weighted by molar-refractivity contribution is -0.145. The SMILES string of the molecule is O=C1[C@@H]2CC=CC[C@H]2C(=O)N1C1CN(S(=O)(=O)C2CC2)C1. The molecule has 0 spiro atoms. The number of nitrogens with zero attached hydrogens (tertiary/aromatic N) is 2. The third-order valence-corrected chi connectivity index (χ3v) is 7.37. The maximum Gasteiger partial charge on any atom is 0.233 e. The van der Waals surface area contributed by atoms with Gasteiger partial charge >= 0.3 is 0 Å². The summed E-state index contributed by atoms with van der Waals surface area (Å²) in [6, 6.07) is -0.260. The Balaban J connectivity index is 1.47. The lowest BCUT2D eigenvalue weighted by Crippen LogP contribution is -2.62. The van der Waals surface area contributed by atoms with Gasteiger partial charge in [-0.15, -0.1) is 0 Å². The van der Waals surface area contributed by atoms with Crippen LogP contribution in [0.25, 0.3) is 0 Å². The van der Waals surface area contributed by atoms with E-state index in [9.17, 15) is 18.0 Å². The molecule has 0 bridgehead atoms. The molecule has 0 unspecified atom stereocenters. The van der Waals surface area contributed by atoms with Gasteiger partial charge in [-0.25, -0.2) is 8.42 Å². The molecule has 2 atom stereocenters. The number of carbonyl (C=O) groups excluding carboxylic acids is 2. The number of sulfonamides is 1. The van der Waals surface area contributed by atoms with Gasteiger partial charge in [0.2, 0.25) is 21.8 Å². The standard InChI is InChI=1S/C14H18N2O4S/c17-13-11-3-1-2-4-12(11)14(18)16(13)9-7-15(8-9)21(19,20)10-5-6-10/h1-2,9-12H,3-8H2/t11-,12-/m1/s1. The molecule has 2 heterocycles. The van der Waals surface area contributed by atoms with Crippen LogP contribution in [0.1, 0.15) is 25.7 Å². The van der Waals surface area contributed by atoms with Crippen molar-refractivity contribution in [3.63, 3.8) is 0 Å². The van der Waals surface area contributed by atoms with Crippen LogP contribution in [0.5, 0.6) is 0 Å². The summed E-state index contributed by atoms with van der Waals surface area (Å²) in [5.74, 6) is -0.668. The third kappa shape index (κ3) is 1.90. The van der Waals surface area contributed by atoms with Crippen LogP contribution in [0.4, 0.5) is 0 Å². The molecule has 3 fully saturated rings.